The lowest BCUT2D eigenvalue weighted by atomic mass is 9.75. The van der Waals surface area contributed by atoms with Gasteiger partial charge < -0.3 is 14.8 Å². The molecule has 4 rings (SSSR count). The number of carbonyl (C=O) groups excluding carboxylic acids is 2. The van der Waals surface area contributed by atoms with E-state index in [0.717, 1.165) is 37.7 Å². The van der Waals surface area contributed by atoms with Crippen molar-refractivity contribution in [3.8, 4) is 11.5 Å². The molecule has 1 spiro atoms. The molecule has 1 saturated carbocycles. The highest BCUT2D eigenvalue weighted by Gasteiger charge is 2.52. The molecule has 6 heteroatoms. The number of fused-ring (bicyclic) bond motifs is 1. The highest BCUT2D eigenvalue weighted by molar-refractivity contribution is 6.07. The van der Waals surface area contributed by atoms with Gasteiger partial charge in [-0.1, -0.05) is 19.4 Å². The molecule has 2 heterocycles. The Bertz CT molecular complexity index is 680. The van der Waals surface area contributed by atoms with Gasteiger partial charge in [-0.05, 0) is 49.3 Å². The standard InChI is InChI=1S/C18H22N2O4/c1-2-12-5-7-18(8-6-12)16(21)20(17(22)19-18)10-13-3-4-14-15(9-13)24-11-23-14/h3-4,9,12H,2,5-8,10-11H2,1H3,(H,19,22). The molecule has 2 aliphatic heterocycles. The van der Waals surface area contributed by atoms with E-state index in [9.17, 15) is 9.59 Å². The van der Waals surface area contributed by atoms with Gasteiger partial charge in [0.05, 0.1) is 6.54 Å². The average molecular weight is 330 g/mol. The van der Waals surface area contributed by atoms with E-state index in [1.807, 2.05) is 18.2 Å². The minimum atomic E-state index is -0.681. The van der Waals surface area contributed by atoms with Gasteiger partial charge >= 0.3 is 6.03 Å². The smallest absolute Gasteiger partial charge is 0.325 e. The fourth-order valence-electron chi connectivity index (χ4n) is 3.96. The number of hydrogen-bond donors (Lipinski definition) is 1. The Morgan fingerprint density at radius 2 is 1.96 bits per heavy atom. The Labute approximate surface area is 141 Å². The number of urea groups is 1. The van der Waals surface area contributed by atoms with E-state index in [1.165, 1.54) is 4.90 Å². The van der Waals surface area contributed by atoms with E-state index in [1.54, 1.807) is 0 Å². The van der Waals surface area contributed by atoms with Crippen LogP contribution in [0.1, 0.15) is 44.6 Å². The zero-order chi connectivity index (χ0) is 16.7. The molecule has 3 amide bonds. The third kappa shape index (κ3) is 2.41. The SMILES string of the molecule is CCC1CCC2(CC1)NC(=O)N(Cc1ccc3c(c1)OCO3)C2=O. The third-order valence-corrected chi connectivity index (χ3v) is 5.56. The maximum Gasteiger partial charge on any atom is 0.325 e. The molecule has 1 aromatic rings. The number of benzene rings is 1. The Kier molecular flexibility index (Phi) is 3.62. The Morgan fingerprint density at radius 1 is 1.21 bits per heavy atom. The normalized spacial score (nSPS) is 28.5. The van der Waals surface area contributed by atoms with Crippen LogP contribution in [0.4, 0.5) is 4.79 Å². The second kappa shape index (κ2) is 5.69. The minimum absolute atomic E-state index is 0.0836. The molecule has 24 heavy (non-hydrogen) atoms. The summed E-state index contributed by atoms with van der Waals surface area (Å²) in [6.07, 6.45) is 4.63. The van der Waals surface area contributed by atoms with Crippen molar-refractivity contribution in [3.63, 3.8) is 0 Å². The molecule has 0 aromatic heterocycles. The summed E-state index contributed by atoms with van der Waals surface area (Å²) >= 11 is 0. The maximum absolute atomic E-state index is 12.9. The van der Waals surface area contributed by atoms with Gasteiger partial charge in [0, 0.05) is 0 Å². The number of nitrogens with zero attached hydrogens (tertiary/aromatic N) is 1. The lowest BCUT2D eigenvalue weighted by Gasteiger charge is -2.34. The second-order valence-corrected chi connectivity index (χ2v) is 6.94. The molecule has 0 bridgehead atoms. The largest absolute Gasteiger partial charge is 0.454 e. The van der Waals surface area contributed by atoms with Crippen molar-refractivity contribution in [3.05, 3.63) is 23.8 Å². The van der Waals surface area contributed by atoms with Gasteiger partial charge in [-0.3, -0.25) is 9.69 Å². The van der Waals surface area contributed by atoms with Crippen molar-refractivity contribution >= 4 is 11.9 Å². The van der Waals surface area contributed by atoms with Gasteiger partial charge in [-0.25, -0.2) is 4.79 Å². The van der Waals surface area contributed by atoms with Crippen LogP contribution >= 0.6 is 0 Å². The zero-order valence-corrected chi connectivity index (χ0v) is 13.8. The molecule has 1 aromatic carbocycles. The average Bonchev–Trinajstić information content (AvgIpc) is 3.14. The summed E-state index contributed by atoms with van der Waals surface area (Å²) in [6.45, 7) is 2.66. The Balaban J connectivity index is 1.50. The molecule has 128 valence electrons. The topological polar surface area (TPSA) is 67.9 Å². The summed E-state index contributed by atoms with van der Waals surface area (Å²) in [6, 6.07) is 5.24. The molecule has 0 atom stereocenters. The van der Waals surface area contributed by atoms with Gasteiger partial charge in [-0.2, -0.15) is 0 Å². The molecule has 2 fully saturated rings. The van der Waals surface area contributed by atoms with Crippen molar-refractivity contribution < 1.29 is 19.1 Å². The monoisotopic (exact) mass is 330 g/mol. The first-order valence-corrected chi connectivity index (χ1v) is 8.64. The summed E-state index contributed by atoms with van der Waals surface area (Å²) in [5, 5.41) is 2.97. The molecule has 1 N–H and O–H groups in total. The van der Waals surface area contributed by atoms with Crippen molar-refractivity contribution in [2.45, 2.75) is 51.1 Å². The van der Waals surface area contributed by atoms with E-state index >= 15 is 0 Å². The first-order valence-electron chi connectivity index (χ1n) is 8.64. The fraction of sp³-hybridized carbons (Fsp3) is 0.556. The molecule has 1 aliphatic carbocycles. The highest BCUT2D eigenvalue weighted by Crippen LogP contribution is 2.38. The van der Waals surface area contributed by atoms with Crippen molar-refractivity contribution in [2.75, 3.05) is 6.79 Å². The minimum Gasteiger partial charge on any atom is -0.454 e. The van der Waals surface area contributed by atoms with Crippen LogP contribution in [0.3, 0.4) is 0 Å². The van der Waals surface area contributed by atoms with Crippen LogP contribution in [0.5, 0.6) is 11.5 Å². The van der Waals surface area contributed by atoms with E-state index in [2.05, 4.69) is 12.2 Å². The Hall–Kier alpha value is -2.24. The molecule has 3 aliphatic rings. The van der Waals surface area contributed by atoms with Crippen LogP contribution < -0.4 is 14.8 Å². The molecular formula is C18H22N2O4. The van der Waals surface area contributed by atoms with Gasteiger partial charge in [0.2, 0.25) is 6.79 Å². The molecule has 0 unspecified atom stereocenters. The van der Waals surface area contributed by atoms with E-state index in [-0.39, 0.29) is 25.3 Å². The van der Waals surface area contributed by atoms with Crippen molar-refractivity contribution in [1.82, 2.24) is 10.2 Å². The first-order chi connectivity index (χ1) is 11.6. The molecule has 6 nitrogen and oxygen atoms in total. The summed E-state index contributed by atoms with van der Waals surface area (Å²) in [5.74, 6) is 1.95. The predicted molar refractivity (Wildman–Crippen MR) is 86.6 cm³/mol. The summed E-state index contributed by atoms with van der Waals surface area (Å²) in [4.78, 5) is 26.6. The Morgan fingerprint density at radius 3 is 2.71 bits per heavy atom. The van der Waals surface area contributed by atoms with Crippen LogP contribution in [-0.4, -0.2) is 29.2 Å². The quantitative estimate of drug-likeness (QED) is 0.865. The number of imide groups is 1. The van der Waals surface area contributed by atoms with E-state index in [4.69, 9.17) is 9.47 Å². The summed E-state index contributed by atoms with van der Waals surface area (Å²) in [7, 11) is 0. The van der Waals surface area contributed by atoms with Gasteiger partial charge in [0.1, 0.15) is 5.54 Å². The van der Waals surface area contributed by atoms with E-state index in [0.29, 0.717) is 17.4 Å². The van der Waals surface area contributed by atoms with Crippen molar-refractivity contribution in [1.29, 1.82) is 0 Å². The van der Waals surface area contributed by atoms with Gasteiger partial charge in [0.25, 0.3) is 5.91 Å². The lowest BCUT2D eigenvalue weighted by Crippen LogP contribution is -2.49. The number of nitrogens with one attached hydrogen (secondary N) is 1. The zero-order valence-electron chi connectivity index (χ0n) is 13.8. The molecule has 0 radical (unpaired) electrons. The maximum atomic E-state index is 12.9. The van der Waals surface area contributed by atoms with E-state index < -0.39 is 5.54 Å². The van der Waals surface area contributed by atoms with Crippen LogP contribution in [-0.2, 0) is 11.3 Å². The van der Waals surface area contributed by atoms with Gasteiger partial charge in [-0.15, -0.1) is 0 Å². The summed E-state index contributed by atoms with van der Waals surface area (Å²) < 4.78 is 10.7. The predicted octanol–water partition coefficient (Wildman–Crippen LogP) is 2.81. The fourth-order valence-corrected chi connectivity index (χ4v) is 3.96. The van der Waals surface area contributed by atoms with Crippen molar-refractivity contribution in [2.24, 2.45) is 5.92 Å². The van der Waals surface area contributed by atoms with Crippen LogP contribution in [0.2, 0.25) is 0 Å². The molecule has 1 saturated heterocycles. The number of carbonyl (C=O) groups is 2. The number of amides is 3. The number of rotatable bonds is 3. The number of ether oxygens (including phenoxy) is 2. The number of hydrogen-bond acceptors (Lipinski definition) is 4. The van der Waals surface area contributed by atoms with Crippen LogP contribution in [0, 0.1) is 5.92 Å². The highest BCUT2D eigenvalue weighted by atomic mass is 16.7. The van der Waals surface area contributed by atoms with Crippen LogP contribution in [0.15, 0.2) is 18.2 Å². The molecular weight excluding hydrogens is 308 g/mol. The second-order valence-electron chi connectivity index (χ2n) is 6.94. The lowest BCUT2D eigenvalue weighted by molar-refractivity contribution is -0.133. The summed E-state index contributed by atoms with van der Waals surface area (Å²) in [5.41, 5.74) is 0.182. The van der Waals surface area contributed by atoms with Gasteiger partial charge in [0.15, 0.2) is 11.5 Å². The third-order valence-electron chi connectivity index (χ3n) is 5.56. The first kappa shape index (κ1) is 15.3. The van der Waals surface area contributed by atoms with Crippen LogP contribution in [0.25, 0.3) is 0 Å².